The Balaban J connectivity index is 1.65. The third-order valence-electron chi connectivity index (χ3n) is 4.66. The van der Waals surface area contributed by atoms with Crippen LogP contribution in [-0.2, 0) is 11.0 Å². The van der Waals surface area contributed by atoms with E-state index in [0.29, 0.717) is 5.92 Å². The average Bonchev–Trinajstić information content (AvgIpc) is 2.53. The number of carbonyl (C=O) groups excluding carboxylic acids is 1. The van der Waals surface area contributed by atoms with Gasteiger partial charge in [0.05, 0.1) is 5.56 Å². The molecule has 23 heavy (non-hydrogen) atoms. The van der Waals surface area contributed by atoms with Gasteiger partial charge in [0.2, 0.25) is 5.91 Å². The van der Waals surface area contributed by atoms with Gasteiger partial charge in [0, 0.05) is 18.7 Å². The Hall–Kier alpha value is -1.82. The highest BCUT2D eigenvalue weighted by atomic mass is 19.4. The number of hydrogen-bond donors (Lipinski definition) is 1. The van der Waals surface area contributed by atoms with E-state index in [1.807, 2.05) is 0 Å². The summed E-state index contributed by atoms with van der Waals surface area (Å²) in [5.41, 5.74) is -0.726. The summed E-state index contributed by atoms with van der Waals surface area (Å²) in [5, 5.41) is 2.93. The summed E-state index contributed by atoms with van der Waals surface area (Å²) < 4.78 is 38.7. The molecule has 124 valence electrons. The van der Waals surface area contributed by atoms with Gasteiger partial charge in [-0.05, 0) is 49.6 Å². The summed E-state index contributed by atoms with van der Waals surface area (Å²) in [6.45, 7) is 2.99. The molecule has 0 aliphatic carbocycles. The Bertz CT molecular complexity index is 604. The van der Waals surface area contributed by atoms with Gasteiger partial charge in [-0.2, -0.15) is 13.2 Å². The second-order valence-corrected chi connectivity index (χ2v) is 6.17. The molecule has 2 bridgehead atoms. The molecule has 0 aromatic heterocycles. The van der Waals surface area contributed by atoms with E-state index in [1.54, 1.807) is 0 Å². The van der Waals surface area contributed by atoms with Crippen molar-refractivity contribution in [3.8, 4) is 0 Å². The normalized spacial score (nSPS) is 27.3. The molecule has 0 saturated carbocycles. The zero-order valence-corrected chi connectivity index (χ0v) is 12.6. The van der Waals surface area contributed by atoms with Crippen molar-refractivity contribution < 1.29 is 18.0 Å². The highest BCUT2D eigenvalue weighted by molar-refractivity contribution is 5.92. The molecule has 1 unspecified atom stereocenters. The summed E-state index contributed by atoms with van der Waals surface area (Å²) in [4.78, 5) is 14.3. The topological polar surface area (TPSA) is 32.3 Å². The minimum atomic E-state index is -4.42. The molecule has 1 aromatic carbocycles. The van der Waals surface area contributed by atoms with Crippen molar-refractivity contribution in [3.05, 3.63) is 41.5 Å². The van der Waals surface area contributed by atoms with Crippen molar-refractivity contribution in [2.45, 2.75) is 25.1 Å². The molecule has 3 saturated heterocycles. The van der Waals surface area contributed by atoms with Gasteiger partial charge in [0.15, 0.2) is 0 Å². The summed E-state index contributed by atoms with van der Waals surface area (Å²) in [6.07, 6.45) is 0.159. The van der Waals surface area contributed by atoms with Crippen LogP contribution >= 0.6 is 0 Å². The predicted molar refractivity (Wildman–Crippen MR) is 81.6 cm³/mol. The first-order valence-corrected chi connectivity index (χ1v) is 7.80. The number of hydrogen-bond acceptors (Lipinski definition) is 2. The highest BCUT2D eigenvalue weighted by Gasteiger charge is 2.35. The van der Waals surface area contributed by atoms with Crippen molar-refractivity contribution in [2.24, 2.45) is 5.92 Å². The molecule has 1 atom stereocenters. The van der Waals surface area contributed by atoms with Crippen LogP contribution in [0.4, 0.5) is 13.2 Å². The highest BCUT2D eigenvalue weighted by Crippen LogP contribution is 2.32. The van der Waals surface area contributed by atoms with Crippen LogP contribution in [0.15, 0.2) is 30.3 Å². The monoisotopic (exact) mass is 324 g/mol. The Morgan fingerprint density at radius 1 is 1.22 bits per heavy atom. The third kappa shape index (κ3) is 3.75. The maximum Gasteiger partial charge on any atom is 0.416 e. The van der Waals surface area contributed by atoms with E-state index in [9.17, 15) is 18.0 Å². The van der Waals surface area contributed by atoms with E-state index in [4.69, 9.17) is 0 Å². The molecule has 3 nitrogen and oxygen atoms in total. The molecule has 1 amide bonds. The standard InChI is InChI=1S/C17H19F3N2O/c18-17(19,20)14-4-2-1-3-12(14)5-6-16(23)21-15-11-22-9-7-13(15)8-10-22/h1-6,13,15H,7-11H2,(H,21,23)/b6-5+. The number of fused-ring (bicyclic) bond motifs is 3. The number of rotatable bonds is 3. The first-order chi connectivity index (χ1) is 10.9. The van der Waals surface area contributed by atoms with E-state index < -0.39 is 11.7 Å². The molecular formula is C17H19F3N2O. The van der Waals surface area contributed by atoms with Crippen LogP contribution in [0.3, 0.4) is 0 Å². The van der Waals surface area contributed by atoms with Gasteiger partial charge in [-0.25, -0.2) is 0 Å². The van der Waals surface area contributed by atoms with Crippen LogP contribution in [0.5, 0.6) is 0 Å². The van der Waals surface area contributed by atoms with Gasteiger partial charge < -0.3 is 10.2 Å². The van der Waals surface area contributed by atoms with Crippen LogP contribution < -0.4 is 5.32 Å². The number of halogens is 3. The second-order valence-electron chi connectivity index (χ2n) is 6.17. The number of amides is 1. The SMILES string of the molecule is O=C(/C=C/c1ccccc1C(F)(F)F)NC1CN2CCC1CC2. The molecular weight excluding hydrogens is 305 g/mol. The Morgan fingerprint density at radius 3 is 2.52 bits per heavy atom. The molecule has 3 fully saturated rings. The third-order valence-corrected chi connectivity index (χ3v) is 4.66. The number of carbonyl (C=O) groups is 1. The van der Waals surface area contributed by atoms with Gasteiger partial charge in [0.1, 0.15) is 0 Å². The van der Waals surface area contributed by atoms with E-state index in [-0.39, 0.29) is 17.5 Å². The molecule has 0 radical (unpaired) electrons. The molecule has 3 aliphatic rings. The Labute approximate surface area is 133 Å². The lowest BCUT2D eigenvalue weighted by Crippen LogP contribution is -2.57. The fourth-order valence-electron chi connectivity index (χ4n) is 3.43. The molecule has 3 heterocycles. The largest absolute Gasteiger partial charge is 0.416 e. The first kappa shape index (κ1) is 16.1. The van der Waals surface area contributed by atoms with Gasteiger partial charge in [-0.3, -0.25) is 4.79 Å². The Kier molecular flexibility index (Phi) is 4.43. The quantitative estimate of drug-likeness (QED) is 0.867. The van der Waals surface area contributed by atoms with E-state index >= 15 is 0 Å². The number of nitrogens with zero attached hydrogens (tertiary/aromatic N) is 1. The minimum Gasteiger partial charge on any atom is -0.348 e. The first-order valence-electron chi connectivity index (χ1n) is 7.80. The number of piperidine rings is 3. The molecule has 4 rings (SSSR count). The van der Waals surface area contributed by atoms with Gasteiger partial charge in [-0.1, -0.05) is 18.2 Å². The molecule has 1 aromatic rings. The zero-order valence-electron chi connectivity index (χ0n) is 12.6. The van der Waals surface area contributed by atoms with E-state index in [2.05, 4.69) is 10.2 Å². The van der Waals surface area contributed by atoms with Crippen LogP contribution in [0.2, 0.25) is 0 Å². The van der Waals surface area contributed by atoms with E-state index in [0.717, 1.165) is 38.5 Å². The lowest BCUT2D eigenvalue weighted by molar-refractivity contribution is -0.137. The van der Waals surface area contributed by atoms with Crippen molar-refractivity contribution in [1.82, 2.24) is 10.2 Å². The van der Waals surface area contributed by atoms with Crippen LogP contribution in [0.1, 0.15) is 24.0 Å². The molecule has 3 aliphatic heterocycles. The second kappa shape index (κ2) is 6.35. The molecule has 1 N–H and O–H groups in total. The van der Waals surface area contributed by atoms with Gasteiger partial charge in [0.25, 0.3) is 0 Å². The van der Waals surface area contributed by atoms with Gasteiger partial charge in [-0.15, -0.1) is 0 Å². The number of alkyl halides is 3. The maximum absolute atomic E-state index is 12.9. The summed E-state index contributed by atoms with van der Waals surface area (Å²) in [5.74, 6) is 0.153. The van der Waals surface area contributed by atoms with Crippen molar-refractivity contribution in [1.29, 1.82) is 0 Å². The lowest BCUT2D eigenvalue weighted by atomic mass is 9.84. The van der Waals surface area contributed by atoms with Gasteiger partial charge >= 0.3 is 6.18 Å². The number of nitrogens with one attached hydrogen (secondary N) is 1. The summed E-state index contributed by atoms with van der Waals surface area (Å²) in [6, 6.07) is 5.35. The lowest BCUT2D eigenvalue weighted by Gasteiger charge is -2.44. The fourth-order valence-corrected chi connectivity index (χ4v) is 3.43. The molecule has 6 heteroatoms. The van der Waals surface area contributed by atoms with Crippen LogP contribution in [-0.4, -0.2) is 36.5 Å². The van der Waals surface area contributed by atoms with Crippen LogP contribution in [0.25, 0.3) is 6.08 Å². The molecule has 0 spiro atoms. The van der Waals surface area contributed by atoms with E-state index in [1.165, 1.54) is 30.4 Å². The van der Waals surface area contributed by atoms with Crippen molar-refractivity contribution in [3.63, 3.8) is 0 Å². The minimum absolute atomic E-state index is 0.00376. The summed E-state index contributed by atoms with van der Waals surface area (Å²) >= 11 is 0. The fraction of sp³-hybridized carbons (Fsp3) is 0.471. The average molecular weight is 324 g/mol. The van der Waals surface area contributed by atoms with Crippen LogP contribution in [0, 0.1) is 5.92 Å². The smallest absolute Gasteiger partial charge is 0.348 e. The predicted octanol–water partition coefficient (Wildman–Crippen LogP) is 2.93. The van der Waals surface area contributed by atoms with Crippen molar-refractivity contribution in [2.75, 3.05) is 19.6 Å². The number of benzene rings is 1. The maximum atomic E-state index is 12.9. The Morgan fingerprint density at radius 2 is 1.91 bits per heavy atom. The summed E-state index contributed by atoms with van der Waals surface area (Å²) in [7, 11) is 0. The zero-order chi connectivity index (χ0) is 16.4. The van der Waals surface area contributed by atoms with Crippen molar-refractivity contribution >= 4 is 12.0 Å².